The van der Waals surface area contributed by atoms with Gasteiger partial charge in [-0.05, 0) is 38.5 Å². The van der Waals surface area contributed by atoms with E-state index in [1.807, 2.05) is 13.0 Å². The fraction of sp³-hybridized carbons (Fsp3) is 0.500. The summed E-state index contributed by atoms with van der Waals surface area (Å²) in [6.45, 7) is 5.10. The first-order valence-electron chi connectivity index (χ1n) is 6.42. The quantitative estimate of drug-likeness (QED) is 0.892. The van der Waals surface area contributed by atoms with Crippen molar-refractivity contribution >= 4 is 23.2 Å². The van der Waals surface area contributed by atoms with E-state index in [2.05, 4.69) is 17.6 Å². The molecule has 1 amide bonds. The first-order chi connectivity index (χ1) is 8.99. The van der Waals surface area contributed by atoms with E-state index in [1.54, 1.807) is 18.2 Å². The smallest absolute Gasteiger partial charge is 0.238 e. The molecule has 0 saturated carbocycles. The Kier molecular flexibility index (Phi) is 4.45. The van der Waals surface area contributed by atoms with Crippen LogP contribution in [0.5, 0.6) is 0 Å². The fourth-order valence-electron chi connectivity index (χ4n) is 2.12. The fourth-order valence-corrected chi connectivity index (χ4v) is 2.31. The largest absolute Gasteiger partial charge is 0.377 e. The summed E-state index contributed by atoms with van der Waals surface area (Å²) in [6.07, 6.45) is 1.03. The van der Waals surface area contributed by atoms with Crippen molar-refractivity contribution in [2.45, 2.75) is 31.9 Å². The molecule has 5 heteroatoms. The van der Waals surface area contributed by atoms with Crippen molar-refractivity contribution in [3.8, 4) is 0 Å². The minimum atomic E-state index is -0.133. The van der Waals surface area contributed by atoms with E-state index in [0.29, 0.717) is 10.7 Å². The maximum absolute atomic E-state index is 11.9. The Morgan fingerprint density at radius 3 is 3.00 bits per heavy atom. The molecule has 2 atom stereocenters. The Bertz CT molecular complexity index is 467. The normalized spacial score (nSPS) is 26.4. The van der Waals surface area contributed by atoms with Crippen LogP contribution in [0.2, 0.25) is 5.02 Å². The van der Waals surface area contributed by atoms with E-state index in [9.17, 15) is 4.79 Å². The van der Waals surface area contributed by atoms with Gasteiger partial charge in [0.1, 0.15) is 0 Å². The first kappa shape index (κ1) is 14.3. The standard InChI is InChI=1S/C14H19ClN2O2/c1-10-14(2,6-7-19-10)16-9-13(18)17-12-5-3-4-11(15)8-12/h3-5,8,10,16H,6-7,9H2,1-2H3,(H,17,18). The topological polar surface area (TPSA) is 50.4 Å². The zero-order valence-corrected chi connectivity index (χ0v) is 12.0. The predicted molar refractivity (Wildman–Crippen MR) is 76.5 cm³/mol. The molecule has 1 aromatic carbocycles. The summed E-state index contributed by atoms with van der Waals surface area (Å²) in [7, 11) is 0. The molecule has 19 heavy (non-hydrogen) atoms. The third-order valence-electron chi connectivity index (χ3n) is 3.65. The molecular formula is C14H19ClN2O2. The van der Waals surface area contributed by atoms with Gasteiger partial charge >= 0.3 is 0 Å². The highest BCUT2D eigenvalue weighted by atomic mass is 35.5. The molecule has 1 heterocycles. The SMILES string of the molecule is CC1OCCC1(C)NCC(=O)Nc1cccc(Cl)c1. The van der Waals surface area contributed by atoms with Gasteiger partial charge in [-0.1, -0.05) is 17.7 Å². The Balaban J connectivity index is 1.85. The molecule has 1 saturated heterocycles. The number of amides is 1. The predicted octanol–water partition coefficient (Wildman–Crippen LogP) is 2.44. The number of carbonyl (C=O) groups excluding carboxylic acids is 1. The first-order valence-corrected chi connectivity index (χ1v) is 6.79. The van der Waals surface area contributed by atoms with E-state index in [1.165, 1.54) is 0 Å². The molecule has 104 valence electrons. The molecule has 2 unspecified atom stereocenters. The third kappa shape index (κ3) is 3.69. The molecule has 1 fully saturated rings. The van der Waals surface area contributed by atoms with Gasteiger partial charge in [-0.15, -0.1) is 0 Å². The Morgan fingerprint density at radius 1 is 1.58 bits per heavy atom. The van der Waals surface area contributed by atoms with Gasteiger partial charge in [0, 0.05) is 22.9 Å². The van der Waals surface area contributed by atoms with Crippen LogP contribution in [0.3, 0.4) is 0 Å². The van der Waals surface area contributed by atoms with Gasteiger partial charge < -0.3 is 15.4 Å². The molecule has 1 aliphatic rings. The molecule has 1 aromatic rings. The Morgan fingerprint density at radius 2 is 2.37 bits per heavy atom. The summed E-state index contributed by atoms with van der Waals surface area (Å²) in [5, 5.41) is 6.69. The maximum Gasteiger partial charge on any atom is 0.238 e. The van der Waals surface area contributed by atoms with Crippen molar-refractivity contribution in [3.63, 3.8) is 0 Å². The average Bonchev–Trinajstić information content (AvgIpc) is 2.68. The number of hydrogen-bond donors (Lipinski definition) is 2. The van der Waals surface area contributed by atoms with Crippen LogP contribution in [0.4, 0.5) is 5.69 Å². The van der Waals surface area contributed by atoms with Crippen LogP contribution in [-0.4, -0.2) is 30.7 Å². The van der Waals surface area contributed by atoms with Gasteiger partial charge in [-0.25, -0.2) is 0 Å². The summed E-state index contributed by atoms with van der Waals surface area (Å²) in [5.74, 6) is -0.0809. The molecule has 0 bridgehead atoms. The van der Waals surface area contributed by atoms with E-state index in [4.69, 9.17) is 16.3 Å². The minimum absolute atomic E-state index is 0.0809. The summed E-state index contributed by atoms with van der Waals surface area (Å²) in [5.41, 5.74) is 0.575. The molecule has 0 radical (unpaired) electrons. The van der Waals surface area contributed by atoms with Gasteiger partial charge in [0.05, 0.1) is 12.6 Å². The number of anilines is 1. The minimum Gasteiger partial charge on any atom is -0.377 e. The van der Waals surface area contributed by atoms with Crippen molar-refractivity contribution in [1.29, 1.82) is 0 Å². The van der Waals surface area contributed by atoms with Crippen molar-refractivity contribution in [2.75, 3.05) is 18.5 Å². The average molecular weight is 283 g/mol. The Labute approximate surface area is 118 Å². The lowest BCUT2D eigenvalue weighted by Gasteiger charge is -2.28. The van der Waals surface area contributed by atoms with Crippen LogP contribution in [0.25, 0.3) is 0 Å². The van der Waals surface area contributed by atoms with E-state index in [0.717, 1.165) is 13.0 Å². The van der Waals surface area contributed by atoms with Gasteiger partial charge in [-0.2, -0.15) is 0 Å². The van der Waals surface area contributed by atoms with Gasteiger partial charge in [0.15, 0.2) is 0 Å². The number of nitrogens with one attached hydrogen (secondary N) is 2. The van der Waals surface area contributed by atoms with Crippen LogP contribution in [0.1, 0.15) is 20.3 Å². The number of ether oxygens (including phenoxy) is 1. The number of hydrogen-bond acceptors (Lipinski definition) is 3. The highest BCUT2D eigenvalue weighted by Crippen LogP contribution is 2.24. The Hall–Kier alpha value is -1.10. The molecule has 2 rings (SSSR count). The van der Waals surface area contributed by atoms with Crippen molar-refractivity contribution in [1.82, 2.24) is 5.32 Å². The number of rotatable bonds is 4. The lowest BCUT2D eigenvalue weighted by molar-refractivity contribution is -0.115. The zero-order chi connectivity index (χ0) is 13.9. The zero-order valence-electron chi connectivity index (χ0n) is 11.2. The van der Waals surface area contributed by atoms with Crippen LogP contribution in [0, 0.1) is 0 Å². The third-order valence-corrected chi connectivity index (χ3v) is 3.88. The van der Waals surface area contributed by atoms with Crippen LogP contribution >= 0.6 is 11.6 Å². The lowest BCUT2D eigenvalue weighted by atomic mass is 9.95. The van der Waals surface area contributed by atoms with Gasteiger partial charge in [-0.3, -0.25) is 4.79 Å². The van der Waals surface area contributed by atoms with Crippen molar-refractivity contribution in [2.24, 2.45) is 0 Å². The van der Waals surface area contributed by atoms with Crippen molar-refractivity contribution < 1.29 is 9.53 Å². The van der Waals surface area contributed by atoms with E-state index >= 15 is 0 Å². The van der Waals surface area contributed by atoms with Gasteiger partial charge in [0.2, 0.25) is 5.91 Å². The molecule has 0 aliphatic carbocycles. The second-order valence-corrected chi connectivity index (χ2v) is 5.53. The van der Waals surface area contributed by atoms with Crippen LogP contribution in [0.15, 0.2) is 24.3 Å². The summed E-state index contributed by atoms with van der Waals surface area (Å²) in [4.78, 5) is 11.9. The molecule has 4 nitrogen and oxygen atoms in total. The highest BCUT2D eigenvalue weighted by Gasteiger charge is 2.36. The number of benzene rings is 1. The van der Waals surface area contributed by atoms with Crippen LogP contribution in [-0.2, 0) is 9.53 Å². The monoisotopic (exact) mass is 282 g/mol. The van der Waals surface area contributed by atoms with Gasteiger partial charge in [0.25, 0.3) is 0 Å². The molecule has 0 spiro atoms. The molecule has 2 N–H and O–H groups in total. The summed E-state index contributed by atoms with van der Waals surface area (Å²) < 4.78 is 5.52. The number of halogens is 1. The molecular weight excluding hydrogens is 264 g/mol. The number of carbonyl (C=O) groups is 1. The van der Waals surface area contributed by atoms with Crippen molar-refractivity contribution in [3.05, 3.63) is 29.3 Å². The lowest BCUT2D eigenvalue weighted by Crippen LogP contribution is -2.50. The van der Waals surface area contributed by atoms with Crippen LogP contribution < -0.4 is 10.6 Å². The summed E-state index contributed by atoms with van der Waals surface area (Å²) >= 11 is 5.87. The molecule has 1 aliphatic heterocycles. The second-order valence-electron chi connectivity index (χ2n) is 5.09. The highest BCUT2D eigenvalue weighted by molar-refractivity contribution is 6.30. The van der Waals surface area contributed by atoms with E-state index < -0.39 is 0 Å². The summed E-state index contributed by atoms with van der Waals surface area (Å²) in [6, 6.07) is 7.11. The maximum atomic E-state index is 11.9. The van der Waals surface area contributed by atoms with E-state index in [-0.39, 0.29) is 24.1 Å². The molecule has 0 aromatic heterocycles. The second kappa shape index (κ2) is 5.90.